The molecule has 0 aliphatic rings. The first-order valence-corrected chi connectivity index (χ1v) is 8.78. The lowest BCUT2D eigenvalue weighted by atomic mass is 10.1. The summed E-state index contributed by atoms with van der Waals surface area (Å²) in [5, 5.41) is 7.17. The summed E-state index contributed by atoms with van der Waals surface area (Å²) in [6.07, 6.45) is 0.848. The number of hydrogen-bond donors (Lipinski definition) is 1. The van der Waals surface area contributed by atoms with Gasteiger partial charge in [0.15, 0.2) is 0 Å². The van der Waals surface area contributed by atoms with Crippen LogP contribution < -0.4 is 10.1 Å². The highest BCUT2D eigenvalue weighted by Crippen LogP contribution is 2.29. The second-order valence-corrected chi connectivity index (χ2v) is 6.35. The van der Waals surface area contributed by atoms with Crippen LogP contribution in [0.3, 0.4) is 0 Å². The van der Waals surface area contributed by atoms with Crippen LogP contribution in [0.25, 0.3) is 11.3 Å². The van der Waals surface area contributed by atoms with E-state index in [-0.39, 0.29) is 5.91 Å². The fourth-order valence-electron chi connectivity index (χ4n) is 2.67. The highest BCUT2D eigenvalue weighted by molar-refractivity contribution is 7.08. The molecule has 25 heavy (non-hydrogen) atoms. The minimum Gasteiger partial charge on any atom is -0.497 e. The van der Waals surface area contributed by atoms with Crippen LogP contribution in [-0.2, 0) is 6.42 Å². The molecule has 3 rings (SSSR count). The minimum atomic E-state index is -0.197. The van der Waals surface area contributed by atoms with Crippen LogP contribution in [0.2, 0.25) is 0 Å². The van der Waals surface area contributed by atoms with Crippen molar-refractivity contribution < 1.29 is 9.53 Å². The molecule has 3 aromatic rings. The zero-order chi connectivity index (χ0) is 17.8. The number of para-hydroxylation sites is 1. The van der Waals surface area contributed by atoms with E-state index in [0.717, 1.165) is 40.3 Å². The third kappa shape index (κ3) is 3.53. The topological polar surface area (TPSA) is 64.1 Å². The summed E-state index contributed by atoms with van der Waals surface area (Å²) in [4.78, 5) is 13.3. The van der Waals surface area contributed by atoms with Crippen molar-refractivity contribution in [3.63, 3.8) is 0 Å². The number of hydrogen-bond acceptors (Lipinski definition) is 5. The molecule has 2 aromatic carbocycles. The molecule has 0 atom stereocenters. The van der Waals surface area contributed by atoms with Gasteiger partial charge in [0.05, 0.1) is 7.11 Å². The summed E-state index contributed by atoms with van der Waals surface area (Å²) in [5.41, 5.74) is 4.37. The number of benzene rings is 2. The number of nitrogens with one attached hydrogen (secondary N) is 1. The summed E-state index contributed by atoms with van der Waals surface area (Å²) in [6, 6.07) is 13.5. The third-order valence-corrected chi connectivity index (χ3v) is 4.74. The van der Waals surface area contributed by atoms with Gasteiger partial charge in [-0.15, -0.1) is 5.10 Å². The van der Waals surface area contributed by atoms with Gasteiger partial charge in [-0.25, -0.2) is 0 Å². The number of ether oxygens (including phenoxy) is 1. The first kappa shape index (κ1) is 17.1. The van der Waals surface area contributed by atoms with Crippen LogP contribution in [0, 0.1) is 6.92 Å². The van der Waals surface area contributed by atoms with Crippen molar-refractivity contribution in [3.8, 4) is 17.0 Å². The SMILES string of the molecule is CCc1cccc(C)c1NC(=O)c1snnc1-c1cccc(OC)c1. The largest absolute Gasteiger partial charge is 0.497 e. The molecule has 0 fully saturated rings. The lowest BCUT2D eigenvalue weighted by molar-refractivity contribution is 0.103. The van der Waals surface area contributed by atoms with Crippen molar-refractivity contribution >= 4 is 23.1 Å². The van der Waals surface area contributed by atoms with Crippen LogP contribution >= 0.6 is 11.5 Å². The van der Waals surface area contributed by atoms with Gasteiger partial charge in [0, 0.05) is 11.3 Å². The average Bonchev–Trinajstić information content (AvgIpc) is 3.13. The smallest absolute Gasteiger partial charge is 0.269 e. The quantitative estimate of drug-likeness (QED) is 0.741. The number of anilines is 1. The molecular formula is C19H19N3O2S. The normalized spacial score (nSPS) is 10.5. The van der Waals surface area contributed by atoms with Gasteiger partial charge in [0.25, 0.3) is 5.91 Å². The predicted octanol–water partition coefficient (Wildman–Crippen LogP) is 4.34. The van der Waals surface area contributed by atoms with Gasteiger partial charge in [0.2, 0.25) is 0 Å². The molecule has 6 heteroatoms. The van der Waals surface area contributed by atoms with Gasteiger partial charge in [-0.1, -0.05) is 41.7 Å². The number of amides is 1. The number of aromatic nitrogens is 2. The molecule has 1 N–H and O–H groups in total. The van der Waals surface area contributed by atoms with Crippen LogP contribution in [0.1, 0.15) is 27.7 Å². The van der Waals surface area contributed by atoms with Gasteiger partial charge in [-0.3, -0.25) is 4.79 Å². The van der Waals surface area contributed by atoms with Gasteiger partial charge in [-0.2, -0.15) is 0 Å². The van der Waals surface area contributed by atoms with Crippen molar-refractivity contribution in [2.45, 2.75) is 20.3 Å². The molecule has 0 spiro atoms. The van der Waals surface area contributed by atoms with Crippen molar-refractivity contribution in [1.82, 2.24) is 9.59 Å². The van der Waals surface area contributed by atoms with Gasteiger partial charge >= 0.3 is 0 Å². The molecule has 1 aromatic heterocycles. The van der Waals surface area contributed by atoms with E-state index in [1.165, 1.54) is 0 Å². The van der Waals surface area contributed by atoms with Gasteiger partial charge in [0.1, 0.15) is 16.3 Å². The van der Waals surface area contributed by atoms with Crippen molar-refractivity contribution in [2.75, 3.05) is 12.4 Å². The standard InChI is InChI=1S/C19H19N3O2S/c1-4-13-8-5-7-12(2)16(13)20-19(23)18-17(21-22-25-18)14-9-6-10-15(11-14)24-3/h5-11H,4H2,1-3H3,(H,20,23). The summed E-state index contributed by atoms with van der Waals surface area (Å²) < 4.78 is 9.22. The number of rotatable bonds is 5. The maximum Gasteiger partial charge on any atom is 0.269 e. The lowest BCUT2D eigenvalue weighted by Gasteiger charge is -2.12. The Morgan fingerprint density at radius 2 is 2.04 bits per heavy atom. The van der Waals surface area contributed by atoms with E-state index in [1.54, 1.807) is 7.11 Å². The van der Waals surface area contributed by atoms with Crippen LogP contribution in [0.15, 0.2) is 42.5 Å². The van der Waals surface area contributed by atoms with Gasteiger partial charge < -0.3 is 10.1 Å². The Labute approximate surface area is 150 Å². The van der Waals surface area contributed by atoms with E-state index in [2.05, 4.69) is 21.8 Å². The summed E-state index contributed by atoms with van der Waals surface area (Å²) in [6.45, 7) is 4.06. The molecule has 0 saturated carbocycles. The molecule has 1 heterocycles. The van der Waals surface area contributed by atoms with E-state index in [1.807, 2.05) is 49.4 Å². The zero-order valence-electron chi connectivity index (χ0n) is 14.4. The fourth-order valence-corrected chi connectivity index (χ4v) is 3.25. The highest BCUT2D eigenvalue weighted by atomic mass is 32.1. The summed E-state index contributed by atoms with van der Waals surface area (Å²) in [5.74, 6) is 0.515. The highest BCUT2D eigenvalue weighted by Gasteiger charge is 2.19. The van der Waals surface area contributed by atoms with Crippen LogP contribution in [0.4, 0.5) is 5.69 Å². The molecule has 0 aliphatic carbocycles. The Bertz CT molecular complexity index is 905. The van der Waals surface area contributed by atoms with Crippen molar-refractivity contribution in [1.29, 1.82) is 0 Å². The second-order valence-electron chi connectivity index (χ2n) is 5.60. The van der Waals surface area contributed by atoms with E-state index >= 15 is 0 Å². The lowest BCUT2D eigenvalue weighted by Crippen LogP contribution is -2.14. The van der Waals surface area contributed by atoms with E-state index in [0.29, 0.717) is 16.3 Å². The number of aryl methyl sites for hydroxylation is 2. The van der Waals surface area contributed by atoms with Crippen molar-refractivity contribution in [2.24, 2.45) is 0 Å². The first-order chi connectivity index (χ1) is 12.1. The molecule has 0 aliphatic heterocycles. The van der Waals surface area contributed by atoms with Crippen LogP contribution in [-0.4, -0.2) is 22.6 Å². The fraction of sp³-hybridized carbons (Fsp3) is 0.211. The van der Waals surface area contributed by atoms with Crippen LogP contribution in [0.5, 0.6) is 5.75 Å². The maximum atomic E-state index is 12.8. The predicted molar refractivity (Wildman–Crippen MR) is 100 cm³/mol. The second kappa shape index (κ2) is 7.44. The van der Waals surface area contributed by atoms with E-state index in [9.17, 15) is 4.79 Å². The monoisotopic (exact) mass is 353 g/mol. The summed E-state index contributed by atoms with van der Waals surface area (Å²) in [7, 11) is 1.61. The van der Waals surface area contributed by atoms with Crippen molar-refractivity contribution in [3.05, 3.63) is 58.5 Å². The molecule has 128 valence electrons. The molecule has 1 amide bonds. The average molecular weight is 353 g/mol. The maximum absolute atomic E-state index is 12.8. The molecule has 5 nitrogen and oxygen atoms in total. The van der Waals surface area contributed by atoms with E-state index in [4.69, 9.17) is 4.74 Å². The molecular weight excluding hydrogens is 334 g/mol. The Hall–Kier alpha value is -2.73. The third-order valence-electron chi connectivity index (χ3n) is 4.02. The first-order valence-electron chi connectivity index (χ1n) is 8.00. The minimum absolute atomic E-state index is 0.197. The Morgan fingerprint density at radius 1 is 1.24 bits per heavy atom. The zero-order valence-corrected chi connectivity index (χ0v) is 15.2. The molecule has 0 unspecified atom stereocenters. The number of carbonyl (C=O) groups is 1. The Morgan fingerprint density at radius 3 is 2.80 bits per heavy atom. The Balaban J connectivity index is 1.94. The molecule has 0 radical (unpaired) electrons. The van der Waals surface area contributed by atoms with E-state index < -0.39 is 0 Å². The number of carbonyl (C=O) groups excluding carboxylic acids is 1. The molecule has 0 saturated heterocycles. The summed E-state index contributed by atoms with van der Waals surface area (Å²) >= 11 is 1.09. The number of methoxy groups -OCH3 is 1. The Kier molecular flexibility index (Phi) is 5.09. The van der Waals surface area contributed by atoms with Gasteiger partial charge in [-0.05, 0) is 48.1 Å². The number of nitrogens with zero attached hydrogens (tertiary/aromatic N) is 2. The molecule has 0 bridgehead atoms.